The summed E-state index contributed by atoms with van der Waals surface area (Å²) in [5, 5.41) is 8.15. The lowest BCUT2D eigenvalue weighted by atomic mass is 10.1. The van der Waals surface area contributed by atoms with Gasteiger partial charge in [0.25, 0.3) is 0 Å². The Hall–Kier alpha value is -1.97. The number of hydrogen-bond acceptors (Lipinski definition) is 3. The van der Waals surface area contributed by atoms with E-state index in [1.54, 1.807) is 4.68 Å². The quantitative estimate of drug-likeness (QED) is 0.777. The molecule has 4 heteroatoms. The molecule has 0 saturated heterocycles. The minimum Gasteiger partial charge on any atom is -0.285 e. The monoisotopic (exact) mass is 242 g/mol. The first-order valence-corrected chi connectivity index (χ1v) is 6.11. The molecule has 4 nitrogen and oxygen atoms in total. The molecule has 0 radical (unpaired) electrons. The van der Waals surface area contributed by atoms with E-state index in [1.807, 2.05) is 26.1 Å². The van der Waals surface area contributed by atoms with Crippen LogP contribution in [0.3, 0.4) is 0 Å². The molecule has 94 valence electrons. The van der Waals surface area contributed by atoms with Gasteiger partial charge in [-0.25, -0.2) is 4.68 Å². The van der Waals surface area contributed by atoms with Crippen LogP contribution in [0.25, 0.3) is 11.0 Å². The first kappa shape index (κ1) is 12.5. The second-order valence-corrected chi connectivity index (χ2v) is 4.50. The summed E-state index contributed by atoms with van der Waals surface area (Å²) in [4.78, 5) is 4.53. The fourth-order valence-electron chi connectivity index (χ4n) is 1.86. The normalized spacial score (nSPS) is 11.9. The van der Waals surface area contributed by atoms with E-state index >= 15 is 0 Å². The van der Waals surface area contributed by atoms with Gasteiger partial charge in [0.15, 0.2) is 0 Å². The van der Waals surface area contributed by atoms with E-state index in [-0.39, 0.29) is 0 Å². The van der Waals surface area contributed by atoms with Crippen LogP contribution in [0.4, 0.5) is 0 Å². The number of allylic oxidation sites excluding steroid dienone is 2. The molecule has 2 aromatic rings. The van der Waals surface area contributed by atoms with Crippen LogP contribution < -0.4 is 0 Å². The lowest BCUT2D eigenvalue weighted by Crippen LogP contribution is -1.99. The Labute approximate surface area is 107 Å². The zero-order valence-corrected chi connectivity index (χ0v) is 11.3. The number of hydrogen-bond donors (Lipinski definition) is 0. The highest BCUT2D eigenvalue weighted by atomic mass is 15.4. The van der Waals surface area contributed by atoms with Crippen molar-refractivity contribution in [3.8, 4) is 0 Å². The Kier molecular flexibility index (Phi) is 3.55. The number of aryl methyl sites for hydroxylation is 1. The molecular formula is C14H18N4. The molecule has 0 aliphatic rings. The SMILES string of the molecule is CCN=C(C=C(C)C)c1ccc2c(c1)nnn2C. The van der Waals surface area contributed by atoms with Crippen molar-refractivity contribution in [1.29, 1.82) is 0 Å². The molecule has 0 atom stereocenters. The second kappa shape index (κ2) is 5.12. The van der Waals surface area contributed by atoms with Crippen molar-refractivity contribution in [3.63, 3.8) is 0 Å². The maximum Gasteiger partial charge on any atom is 0.113 e. The fraction of sp³-hybridized carbons (Fsp3) is 0.357. The molecule has 0 spiro atoms. The molecule has 2 rings (SSSR count). The predicted octanol–water partition coefficient (Wildman–Crippen LogP) is 2.74. The van der Waals surface area contributed by atoms with Gasteiger partial charge in [0, 0.05) is 19.2 Å². The summed E-state index contributed by atoms with van der Waals surface area (Å²) in [6.45, 7) is 6.97. The van der Waals surface area contributed by atoms with E-state index < -0.39 is 0 Å². The fourth-order valence-corrected chi connectivity index (χ4v) is 1.86. The molecular weight excluding hydrogens is 224 g/mol. The minimum atomic E-state index is 0.775. The Morgan fingerprint density at radius 2 is 2.17 bits per heavy atom. The van der Waals surface area contributed by atoms with Crippen LogP contribution in [0.2, 0.25) is 0 Å². The summed E-state index contributed by atoms with van der Waals surface area (Å²) >= 11 is 0. The highest BCUT2D eigenvalue weighted by Gasteiger charge is 2.05. The molecule has 0 fully saturated rings. The van der Waals surface area contributed by atoms with Crippen molar-refractivity contribution in [1.82, 2.24) is 15.0 Å². The summed E-state index contributed by atoms with van der Waals surface area (Å²) in [5.41, 5.74) is 5.27. The van der Waals surface area contributed by atoms with Crippen molar-refractivity contribution in [2.45, 2.75) is 20.8 Å². The lowest BCUT2D eigenvalue weighted by molar-refractivity contribution is 0.736. The third-order valence-corrected chi connectivity index (χ3v) is 2.66. The smallest absolute Gasteiger partial charge is 0.113 e. The average Bonchev–Trinajstić information content (AvgIpc) is 2.70. The molecule has 1 heterocycles. The van der Waals surface area contributed by atoms with E-state index in [4.69, 9.17) is 0 Å². The van der Waals surface area contributed by atoms with Gasteiger partial charge >= 0.3 is 0 Å². The van der Waals surface area contributed by atoms with E-state index in [2.05, 4.69) is 41.3 Å². The van der Waals surface area contributed by atoms with E-state index in [9.17, 15) is 0 Å². The van der Waals surface area contributed by atoms with Gasteiger partial charge in [-0.1, -0.05) is 16.9 Å². The molecule has 0 unspecified atom stereocenters. The van der Waals surface area contributed by atoms with Gasteiger partial charge in [-0.2, -0.15) is 0 Å². The number of benzene rings is 1. The van der Waals surface area contributed by atoms with Crippen molar-refractivity contribution in [2.75, 3.05) is 6.54 Å². The van der Waals surface area contributed by atoms with Crippen LogP contribution in [-0.4, -0.2) is 27.3 Å². The summed E-state index contributed by atoms with van der Waals surface area (Å²) < 4.78 is 1.77. The molecule has 1 aromatic heterocycles. The van der Waals surface area contributed by atoms with Crippen LogP contribution in [-0.2, 0) is 7.05 Å². The van der Waals surface area contributed by atoms with Crippen molar-refractivity contribution in [2.24, 2.45) is 12.0 Å². The van der Waals surface area contributed by atoms with E-state index in [1.165, 1.54) is 5.57 Å². The number of nitrogens with zero attached hydrogens (tertiary/aromatic N) is 4. The number of aromatic nitrogens is 3. The third kappa shape index (κ3) is 2.47. The van der Waals surface area contributed by atoms with Crippen LogP contribution in [0, 0.1) is 0 Å². The maximum atomic E-state index is 4.53. The van der Waals surface area contributed by atoms with Gasteiger partial charge < -0.3 is 0 Å². The average molecular weight is 242 g/mol. The van der Waals surface area contributed by atoms with Crippen LogP contribution in [0.15, 0.2) is 34.8 Å². The molecule has 0 bridgehead atoms. The zero-order valence-electron chi connectivity index (χ0n) is 11.3. The molecule has 0 amide bonds. The van der Waals surface area contributed by atoms with Gasteiger partial charge in [0.2, 0.25) is 0 Å². The van der Waals surface area contributed by atoms with Crippen LogP contribution >= 0.6 is 0 Å². The molecule has 18 heavy (non-hydrogen) atoms. The van der Waals surface area contributed by atoms with E-state index in [0.29, 0.717) is 0 Å². The van der Waals surface area contributed by atoms with Gasteiger partial charge in [0.05, 0.1) is 11.2 Å². The van der Waals surface area contributed by atoms with Gasteiger partial charge in [-0.05, 0) is 39.0 Å². The summed E-state index contributed by atoms with van der Waals surface area (Å²) in [5.74, 6) is 0. The highest BCUT2D eigenvalue weighted by molar-refractivity contribution is 6.10. The van der Waals surface area contributed by atoms with Crippen molar-refractivity contribution in [3.05, 3.63) is 35.4 Å². The molecule has 0 aliphatic carbocycles. The molecule has 0 aliphatic heterocycles. The Bertz CT molecular complexity index is 616. The first-order valence-electron chi connectivity index (χ1n) is 6.11. The Morgan fingerprint density at radius 1 is 1.39 bits per heavy atom. The predicted molar refractivity (Wildman–Crippen MR) is 75.0 cm³/mol. The van der Waals surface area contributed by atoms with Gasteiger partial charge in [0.1, 0.15) is 5.52 Å². The van der Waals surface area contributed by atoms with Gasteiger partial charge in [-0.15, -0.1) is 5.10 Å². The first-order chi connectivity index (χ1) is 8.61. The summed E-state index contributed by atoms with van der Waals surface area (Å²) in [6.07, 6.45) is 2.10. The standard InChI is InChI=1S/C14H18N4/c1-5-15-12(8-10(2)3)11-6-7-14-13(9-11)16-17-18(14)4/h6-9H,5H2,1-4H3. The molecule has 1 aromatic carbocycles. The second-order valence-electron chi connectivity index (χ2n) is 4.50. The zero-order chi connectivity index (χ0) is 13.1. The third-order valence-electron chi connectivity index (χ3n) is 2.66. The molecule has 0 saturated carbocycles. The highest BCUT2D eigenvalue weighted by Crippen LogP contribution is 2.14. The van der Waals surface area contributed by atoms with Crippen molar-refractivity contribution < 1.29 is 0 Å². The number of aliphatic imine (C=N–C) groups is 1. The topological polar surface area (TPSA) is 43.1 Å². The number of fused-ring (bicyclic) bond motifs is 1. The summed E-state index contributed by atoms with van der Waals surface area (Å²) in [6, 6.07) is 6.14. The maximum absolute atomic E-state index is 4.53. The van der Waals surface area contributed by atoms with Crippen LogP contribution in [0.5, 0.6) is 0 Å². The minimum absolute atomic E-state index is 0.775. The Morgan fingerprint density at radius 3 is 2.83 bits per heavy atom. The van der Waals surface area contributed by atoms with Gasteiger partial charge in [-0.3, -0.25) is 4.99 Å². The van der Waals surface area contributed by atoms with Crippen molar-refractivity contribution >= 4 is 16.7 Å². The Balaban J connectivity index is 2.51. The molecule has 0 N–H and O–H groups in total. The largest absolute Gasteiger partial charge is 0.285 e. The number of rotatable bonds is 3. The lowest BCUT2D eigenvalue weighted by Gasteiger charge is -2.03. The summed E-state index contributed by atoms with van der Waals surface area (Å²) in [7, 11) is 1.89. The van der Waals surface area contributed by atoms with E-state index in [0.717, 1.165) is 28.9 Å². The van der Waals surface area contributed by atoms with Crippen LogP contribution in [0.1, 0.15) is 26.3 Å².